The molecular formula is C30H29BrF2N4O2. The van der Waals surface area contributed by atoms with Crippen molar-refractivity contribution in [3.05, 3.63) is 88.9 Å². The van der Waals surface area contributed by atoms with Crippen molar-refractivity contribution in [3.63, 3.8) is 0 Å². The average molecular weight is 595 g/mol. The number of aryl methyl sites for hydroxylation is 1. The number of allylic oxidation sites excluding steroid dienone is 1. The number of nitrogens with one attached hydrogen (secondary N) is 1. The molecule has 4 aromatic rings. The molecule has 0 bridgehead atoms. The van der Waals surface area contributed by atoms with Crippen LogP contribution in [0.15, 0.2) is 71.9 Å². The number of rotatable bonds is 10. The Morgan fingerprint density at radius 2 is 2.03 bits per heavy atom. The molecule has 6 nitrogen and oxygen atoms in total. The highest BCUT2D eigenvalue weighted by Crippen LogP contribution is 2.41. The van der Waals surface area contributed by atoms with Crippen molar-refractivity contribution < 1.29 is 18.3 Å². The van der Waals surface area contributed by atoms with Gasteiger partial charge in [-0.2, -0.15) is 8.78 Å². The van der Waals surface area contributed by atoms with Gasteiger partial charge in [-0.1, -0.05) is 40.2 Å². The number of hydrogen-bond acceptors (Lipinski definition) is 4. The lowest BCUT2D eigenvalue weighted by Gasteiger charge is -2.41. The van der Waals surface area contributed by atoms with Crippen molar-refractivity contribution in [1.82, 2.24) is 19.9 Å². The molecule has 0 radical (unpaired) electrons. The number of carbonyl (C=O) groups is 1. The van der Waals surface area contributed by atoms with E-state index in [4.69, 9.17) is 14.7 Å². The summed E-state index contributed by atoms with van der Waals surface area (Å²) < 4.78 is 33.8. The minimum absolute atomic E-state index is 0.0568. The Labute approximate surface area is 234 Å². The fraction of sp³-hybridized carbons (Fsp3) is 0.300. The number of carbonyl (C=O) groups excluding carboxylic acids is 1. The first-order valence-corrected chi connectivity index (χ1v) is 13.7. The highest BCUT2D eigenvalue weighted by molar-refractivity contribution is 9.10. The molecule has 5 rings (SSSR count). The number of nitrogens with zero attached hydrogens (tertiary/aromatic N) is 3. The number of halogens is 3. The molecule has 1 amide bonds. The summed E-state index contributed by atoms with van der Waals surface area (Å²) in [6.07, 6.45) is 7.87. The smallest absolute Gasteiger partial charge is 0.387 e. The summed E-state index contributed by atoms with van der Waals surface area (Å²) >= 11 is 3.51. The number of aromatic nitrogens is 3. The Morgan fingerprint density at radius 3 is 2.67 bits per heavy atom. The molecule has 39 heavy (non-hydrogen) atoms. The molecule has 1 saturated carbocycles. The Bertz CT molecular complexity index is 1510. The van der Waals surface area contributed by atoms with Gasteiger partial charge in [-0.15, -0.1) is 6.58 Å². The number of benzene rings is 2. The maximum Gasteiger partial charge on any atom is 0.387 e. The molecule has 202 valence electrons. The van der Waals surface area contributed by atoms with E-state index in [1.807, 2.05) is 53.2 Å². The number of pyridine rings is 1. The molecule has 0 aliphatic heterocycles. The van der Waals surface area contributed by atoms with Crippen molar-refractivity contribution in [2.45, 2.75) is 57.7 Å². The van der Waals surface area contributed by atoms with E-state index < -0.39 is 6.61 Å². The van der Waals surface area contributed by atoms with E-state index >= 15 is 0 Å². The van der Waals surface area contributed by atoms with Gasteiger partial charge in [0.25, 0.3) is 0 Å². The Hall–Kier alpha value is -3.59. The van der Waals surface area contributed by atoms with Crippen LogP contribution >= 0.6 is 15.9 Å². The number of fused-ring (bicyclic) bond motifs is 1. The zero-order valence-electron chi connectivity index (χ0n) is 21.6. The molecule has 1 aliphatic rings. The molecule has 2 heterocycles. The summed E-state index contributed by atoms with van der Waals surface area (Å²) in [5.74, 6) is 0.895. The van der Waals surface area contributed by atoms with E-state index in [2.05, 4.69) is 27.8 Å². The van der Waals surface area contributed by atoms with Gasteiger partial charge in [-0.25, -0.2) is 4.98 Å². The third-order valence-corrected chi connectivity index (χ3v) is 7.96. The lowest BCUT2D eigenvalue weighted by molar-refractivity contribution is -0.122. The van der Waals surface area contributed by atoms with Crippen LogP contribution < -0.4 is 10.1 Å². The van der Waals surface area contributed by atoms with Gasteiger partial charge in [0, 0.05) is 35.1 Å². The molecule has 9 heteroatoms. The molecule has 2 aromatic carbocycles. The third kappa shape index (κ3) is 5.59. The van der Waals surface area contributed by atoms with Crippen LogP contribution in [-0.4, -0.2) is 27.1 Å². The number of alkyl halides is 2. The maximum absolute atomic E-state index is 13.1. The second kappa shape index (κ2) is 11.3. The van der Waals surface area contributed by atoms with Crippen molar-refractivity contribution in [2.75, 3.05) is 0 Å². The first kappa shape index (κ1) is 27.0. The van der Waals surface area contributed by atoms with E-state index in [0.717, 1.165) is 59.4 Å². The van der Waals surface area contributed by atoms with Gasteiger partial charge >= 0.3 is 6.61 Å². The lowest BCUT2D eigenvalue weighted by atomic mass is 9.74. The third-order valence-electron chi connectivity index (χ3n) is 7.22. The first-order valence-electron chi connectivity index (χ1n) is 12.9. The standard InChI is InChI=1S/C30H29BrF2N4O2/c1-3-4-9-28-35-24-12-10-20(21-11-13-27(34-17-21)30(14-6-15-30)36-19(2)38)16-25(24)37(28)18-22-23(31)7-5-8-26(22)39-29(32)33/h3,5,7-8,10-13,16-17,29H,1,4,6,9,14-15,18H2,2H3,(H,36,38). The normalized spacial score (nSPS) is 14.3. The van der Waals surface area contributed by atoms with Crippen LogP contribution in [0.3, 0.4) is 0 Å². The van der Waals surface area contributed by atoms with Gasteiger partial charge in [0.1, 0.15) is 11.6 Å². The Morgan fingerprint density at radius 1 is 1.23 bits per heavy atom. The van der Waals surface area contributed by atoms with Gasteiger partial charge < -0.3 is 14.6 Å². The van der Waals surface area contributed by atoms with Gasteiger partial charge in [-0.05, 0) is 61.6 Å². The Balaban J connectivity index is 1.53. The number of hydrogen-bond donors (Lipinski definition) is 1. The Kier molecular flexibility index (Phi) is 7.79. The van der Waals surface area contributed by atoms with Crippen LogP contribution in [0.4, 0.5) is 8.78 Å². The van der Waals surface area contributed by atoms with Crippen LogP contribution in [0.5, 0.6) is 5.75 Å². The van der Waals surface area contributed by atoms with Crippen LogP contribution in [0.25, 0.3) is 22.2 Å². The largest absolute Gasteiger partial charge is 0.434 e. The second-order valence-corrected chi connectivity index (χ2v) is 10.6. The van der Waals surface area contributed by atoms with Crippen LogP contribution in [0.1, 0.15) is 49.7 Å². The minimum atomic E-state index is -2.93. The van der Waals surface area contributed by atoms with Crippen molar-refractivity contribution in [2.24, 2.45) is 0 Å². The average Bonchev–Trinajstić information content (AvgIpc) is 3.23. The maximum atomic E-state index is 13.1. The fourth-order valence-electron chi connectivity index (χ4n) is 5.17. The highest BCUT2D eigenvalue weighted by atomic mass is 79.9. The zero-order valence-corrected chi connectivity index (χ0v) is 23.2. The molecule has 1 aliphatic carbocycles. The SMILES string of the molecule is C=CCCc1nc2ccc(-c3ccc(C4(NC(C)=O)CCC4)nc3)cc2n1Cc1c(Br)cccc1OC(F)F. The van der Waals surface area contributed by atoms with Crippen LogP contribution in [0.2, 0.25) is 0 Å². The van der Waals surface area contributed by atoms with Crippen molar-refractivity contribution in [3.8, 4) is 16.9 Å². The van der Waals surface area contributed by atoms with E-state index in [1.165, 1.54) is 6.92 Å². The van der Waals surface area contributed by atoms with Gasteiger partial charge in [0.15, 0.2) is 0 Å². The quantitative estimate of drug-likeness (QED) is 0.198. The lowest BCUT2D eigenvalue weighted by Crippen LogP contribution is -2.50. The van der Waals surface area contributed by atoms with E-state index in [1.54, 1.807) is 12.1 Å². The summed E-state index contributed by atoms with van der Waals surface area (Å²) in [4.78, 5) is 21.3. The van der Waals surface area contributed by atoms with Crippen molar-refractivity contribution in [1.29, 1.82) is 0 Å². The molecule has 2 aromatic heterocycles. The summed E-state index contributed by atoms with van der Waals surface area (Å²) in [7, 11) is 0. The predicted molar refractivity (Wildman–Crippen MR) is 151 cm³/mol. The van der Waals surface area contributed by atoms with Crippen LogP contribution in [0, 0.1) is 0 Å². The molecule has 0 atom stereocenters. The summed E-state index contributed by atoms with van der Waals surface area (Å²) in [6, 6.07) is 15.0. The molecule has 1 N–H and O–H groups in total. The highest BCUT2D eigenvalue weighted by Gasteiger charge is 2.40. The molecule has 0 unspecified atom stereocenters. The monoisotopic (exact) mass is 594 g/mol. The van der Waals surface area contributed by atoms with Crippen molar-refractivity contribution >= 4 is 32.9 Å². The van der Waals surface area contributed by atoms with E-state index in [-0.39, 0.29) is 17.2 Å². The second-order valence-electron chi connectivity index (χ2n) is 9.79. The molecule has 0 spiro atoms. The van der Waals surface area contributed by atoms with Crippen LogP contribution in [-0.2, 0) is 23.3 Å². The van der Waals surface area contributed by atoms with E-state index in [9.17, 15) is 13.6 Å². The summed E-state index contributed by atoms with van der Waals surface area (Å²) in [5, 5.41) is 3.08. The number of amides is 1. The number of imidazole rings is 1. The topological polar surface area (TPSA) is 69.0 Å². The molecule has 1 fully saturated rings. The first-order chi connectivity index (χ1) is 18.8. The molecule has 0 saturated heterocycles. The summed E-state index contributed by atoms with van der Waals surface area (Å²) in [5.41, 5.74) is 4.67. The predicted octanol–water partition coefficient (Wildman–Crippen LogP) is 7.14. The fourth-order valence-corrected chi connectivity index (χ4v) is 5.64. The summed E-state index contributed by atoms with van der Waals surface area (Å²) in [6.45, 7) is 2.74. The number of ether oxygens (including phenoxy) is 1. The van der Waals surface area contributed by atoms with Gasteiger partial charge in [-0.3, -0.25) is 9.78 Å². The minimum Gasteiger partial charge on any atom is -0.434 e. The zero-order chi connectivity index (χ0) is 27.6. The van der Waals surface area contributed by atoms with E-state index in [0.29, 0.717) is 23.0 Å². The van der Waals surface area contributed by atoms with Gasteiger partial charge in [0.05, 0.1) is 28.8 Å². The molecular weight excluding hydrogens is 566 g/mol. The van der Waals surface area contributed by atoms with Gasteiger partial charge in [0.2, 0.25) is 5.91 Å².